The molecule has 2 aromatic carbocycles. The smallest absolute Gasteiger partial charge is 0.271 e. The van der Waals surface area contributed by atoms with Crippen LogP contribution in [0.5, 0.6) is 0 Å². The zero-order valence-electron chi connectivity index (χ0n) is 12.6. The normalized spacial score (nSPS) is 12.4. The molecule has 6 heteroatoms. The van der Waals surface area contributed by atoms with Crippen LogP contribution in [-0.2, 0) is 13.0 Å². The summed E-state index contributed by atoms with van der Waals surface area (Å²) in [4.78, 5) is 15.2. The highest BCUT2D eigenvalue weighted by molar-refractivity contribution is 6.20. The van der Waals surface area contributed by atoms with Gasteiger partial charge in [-0.25, -0.2) is 4.98 Å². The van der Waals surface area contributed by atoms with Gasteiger partial charge in [0.25, 0.3) is 5.69 Å². The van der Waals surface area contributed by atoms with Gasteiger partial charge >= 0.3 is 0 Å². The second-order valence-electron chi connectivity index (χ2n) is 5.51. The van der Waals surface area contributed by atoms with Crippen LogP contribution in [0.1, 0.15) is 18.3 Å². The first-order chi connectivity index (χ1) is 11.0. The number of non-ortho nitro benzene ring substituents is 1. The van der Waals surface area contributed by atoms with Gasteiger partial charge in [-0.05, 0) is 18.6 Å². The Morgan fingerprint density at radius 3 is 2.65 bits per heavy atom. The van der Waals surface area contributed by atoms with Gasteiger partial charge in [-0.15, -0.1) is 11.6 Å². The largest absolute Gasteiger partial charge is 0.326 e. The van der Waals surface area contributed by atoms with Crippen molar-refractivity contribution in [1.82, 2.24) is 9.55 Å². The van der Waals surface area contributed by atoms with Crippen LogP contribution < -0.4 is 0 Å². The molecule has 3 aromatic rings. The average Bonchev–Trinajstić information content (AvgIpc) is 2.84. The number of benzene rings is 2. The molecule has 0 aliphatic carbocycles. The molecule has 0 radical (unpaired) electrons. The second-order valence-corrected chi connectivity index (χ2v) is 6.26. The molecule has 0 fully saturated rings. The number of fused-ring (bicyclic) bond motifs is 1. The number of nitro benzene ring substituents is 1. The molecule has 1 atom stereocenters. The van der Waals surface area contributed by atoms with Crippen LogP contribution in [0.2, 0.25) is 0 Å². The summed E-state index contributed by atoms with van der Waals surface area (Å²) >= 11 is 6.17. The van der Waals surface area contributed by atoms with Gasteiger partial charge < -0.3 is 4.57 Å². The Balaban J connectivity index is 2.09. The lowest BCUT2D eigenvalue weighted by atomic mass is 10.1. The van der Waals surface area contributed by atoms with Crippen LogP contribution in [0.15, 0.2) is 48.5 Å². The van der Waals surface area contributed by atoms with Crippen LogP contribution in [0, 0.1) is 10.1 Å². The van der Waals surface area contributed by atoms with Crippen LogP contribution in [0.4, 0.5) is 5.69 Å². The summed E-state index contributed by atoms with van der Waals surface area (Å²) in [5.74, 6) is 0.860. The summed E-state index contributed by atoms with van der Waals surface area (Å²) in [6.07, 6.45) is 0.660. The molecule has 0 bridgehead atoms. The monoisotopic (exact) mass is 329 g/mol. The second kappa shape index (κ2) is 6.38. The van der Waals surface area contributed by atoms with E-state index >= 15 is 0 Å². The molecule has 0 spiro atoms. The molecule has 3 rings (SSSR count). The van der Waals surface area contributed by atoms with Crippen molar-refractivity contribution in [2.24, 2.45) is 0 Å². The summed E-state index contributed by atoms with van der Waals surface area (Å²) in [5.41, 5.74) is 2.68. The maximum atomic E-state index is 11.0. The fraction of sp³-hybridized carbons (Fsp3) is 0.235. The van der Waals surface area contributed by atoms with E-state index in [1.54, 1.807) is 6.07 Å². The fourth-order valence-corrected chi connectivity index (χ4v) is 2.79. The van der Waals surface area contributed by atoms with Crippen molar-refractivity contribution in [3.63, 3.8) is 0 Å². The van der Waals surface area contributed by atoms with E-state index in [1.807, 2.05) is 41.8 Å². The van der Waals surface area contributed by atoms with Crippen molar-refractivity contribution in [2.45, 2.75) is 25.3 Å². The number of imidazole rings is 1. The van der Waals surface area contributed by atoms with Crippen molar-refractivity contribution < 1.29 is 4.92 Å². The minimum absolute atomic E-state index is 0.0485. The third-order valence-corrected chi connectivity index (χ3v) is 3.80. The Kier molecular flexibility index (Phi) is 4.30. The number of aromatic nitrogens is 2. The minimum atomic E-state index is -0.403. The Labute approximate surface area is 138 Å². The van der Waals surface area contributed by atoms with Gasteiger partial charge in [-0.1, -0.05) is 30.3 Å². The molecule has 0 N–H and O–H groups in total. The van der Waals surface area contributed by atoms with Gasteiger partial charge in [0, 0.05) is 30.5 Å². The van der Waals surface area contributed by atoms with E-state index in [0.29, 0.717) is 18.5 Å². The maximum Gasteiger partial charge on any atom is 0.271 e. The highest BCUT2D eigenvalue weighted by Gasteiger charge is 2.16. The predicted octanol–water partition coefficient (Wildman–Crippen LogP) is 4.16. The van der Waals surface area contributed by atoms with E-state index in [2.05, 4.69) is 4.98 Å². The molecule has 1 unspecified atom stereocenters. The molecule has 0 saturated heterocycles. The summed E-state index contributed by atoms with van der Waals surface area (Å²) in [5, 5.41) is 10.9. The fourth-order valence-electron chi connectivity index (χ4n) is 2.65. The topological polar surface area (TPSA) is 61.0 Å². The molecule has 23 heavy (non-hydrogen) atoms. The lowest BCUT2D eigenvalue weighted by Crippen LogP contribution is -2.10. The van der Waals surface area contributed by atoms with Crippen molar-refractivity contribution in [2.75, 3.05) is 0 Å². The standard InChI is InChI=1S/C17H16ClN3O2/c1-12(18)11-20-16-8-7-14(21(22)23)10-15(16)19-17(20)9-13-5-3-2-4-6-13/h2-8,10,12H,9,11H2,1H3. The maximum absolute atomic E-state index is 11.0. The molecular formula is C17H16ClN3O2. The number of halogens is 1. The quantitative estimate of drug-likeness (QED) is 0.401. The van der Waals surface area contributed by atoms with Crippen molar-refractivity contribution in [3.05, 3.63) is 70.0 Å². The number of alkyl halides is 1. The van der Waals surface area contributed by atoms with Gasteiger partial charge in [-0.3, -0.25) is 10.1 Å². The molecule has 0 saturated carbocycles. The van der Waals surface area contributed by atoms with E-state index < -0.39 is 4.92 Å². The van der Waals surface area contributed by atoms with Gasteiger partial charge in [0.2, 0.25) is 0 Å². The average molecular weight is 330 g/mol. The molecule has 0 aliphatic heterocycles. The molecule has 0 amide bonds. The van der Waals surface area contributed by atoms with E-state index in [9.17, 15) is 10.1 Å². The number of nitro groups is 1. The zero-order chi connectivity index (χ0) is 16.4. The Hall–Kier alpha value is -2.40. The van der Waals surface area contributed by atoms with E-state index in [4.69, 9.17) is 11.6 Å². The Morgan fingerprint density at radius 1 is 1.26 bits per heavy atom. The van der Waals surface area contributed by atoms with Crippen molar-refractivity contribution in [3.8, 4) is 0 Å². The van der Waals surface area contributed by atoms with Gasteiger partial charge in [0.05, 0.1) is 16.0 Å². The Morgan fingerprint density at radius 2 is 2.00 bits per heavy atom. The SMILES string of the molecule is CC(Cl)Cn1c(Cc2ccccc2)nc2cc([N+](=O)[O-])ccc21. The van der Waals surface area contributed by atoms with Gasteiger partial charge in [0.1, 0.15) is 5.82 Å². The van der Waals surface area contributed by atoms with E-state index in [-0.39, 0.29) is 11.1 Å². The van der Waals surface area contributed by atoms with Gasteiger partial charge in [0.15, 0.2) is 0 Å². The molecule has 1 heterocycles. The van der Waals surface area contributed by atoms with Crippen molar-refractivity contribution >= 4 is 28.3 Å². The predicted molar refractivity (Wildman–Crippen MR) is 91.0 cm³/mol. The molecule has 118 valence electrons. The molecule has 0 aliphatic rings. The number of nitrogens with zero attached hydrogens (tertiary/aromatic N) is 3. The summed E-state index contributed by atoms with van der Waals surface area (Å²) < 4.78 is 2.05. The summed E-state index contributed by atoms with van der Waals surface area (Å²) in [6, 6.07) is 14.8. The number of hydrogen-bond acceptors (Lipinski definition) is 3. The third-order valence-electron chi connectivity index (χ3n) is 3.66. The number of rotatable bonds is 5. The minimum Gasteiger partial charge on any atom is -0.326 e. The highest BCUT2D eigenvalue weighted by atomic mass is 35.5. The van der Waals surface area contributed by atoms with Crippen LogP contribution >= 0.6 is 11.6 Å². The van der Waals surface area contributed by atoms with E-state index in [0.717, 1.165) is 16.9 Å². The molecule has 5 nitrogen and oxygen atoms in total. The van der Waals surface area contributed by atoms with E-state index in [1.165, 1.54) is 12.1 Å². The first kappa shape index (κ1) is 15.5. The lowest BCUT2D eigenvalue weighted by Gasteiger charge is -2.10. The summed E-state index contributed by atoms with van der Waals surface area (Å²) in [6.45, 7) is 2.53. The zero-order valence-corrected chi connectivity index (χ0v) is 13.4. The third kappa shape index (κ3) is 3.35. The van der Waals surface area contributed by atoms with Crippen molar-refractivity contribution in [1.29, 1.82) is 0 Å². The van der Waals surface area contributed by atoms with Gasteiger partial charge in [-0.2, -0.15) is 0 Å². The molecule has 1 aromatic heterocycles. The lowest BCUT2D eigenvalue weighted by molar-refractivity contribution is -0.384. The van der Waals surface area contributed by atoms with Crippen LogP contribution in [-0.4, -0.2) is 19.9 Å². The first-order valence-corrected chi connectivity index (χ1v) is 7.80. The van der Waals surface area contributed by atoms with Crippen LogP contribution in [0.3, 0.4) is 0 Å². The van der Waals surface area contributed by atoms with Crippen LogP contribution in [0.25, 0.3) is 11.0 Å². The first-order valence-electron chi connectivity index (χ1n) is 7.36. The Bertz CT molecular complexity index is 844. The number of hydrogen-bond donors (Lipinski definition) is 0. The summed E-state index contributed by atoms with van der Waals surface area (Å²) in [7, 11) is 0. The highest BCUT2D eigenvalue weighted by Crippen LogP contribution is 2.24. The molecular weight excluding hydrogens is 314 g/mol.